The Balaban J connectivity index is 1.91. The fourth-order valence-corrected chi connectivity index (χ4v) is 4.68. The molecule has 0 saturated carbocycles. The van der Waals surface area contributed by atoms with Crippen LogP contribution >= 0.6 is 0 Å². The molecule has 0 radical (unpaired) electrons. The molecule has 0 aromatic heterocycles. The summed E-state index contributed by atoms with van der Waals surface area (Å²) in [4.78, 5) is 40.5. The Bertz CT molecular complexity index is 1280. The van der Waals surface area contributed by atoms with Crippen molar-refractivity contribution < 1.29 is 40.7 Å². The van der Waals surface area contributed by atoms with Crippen molar-refractivity contribution in [1.29, 1.82) is 0 Å². The summed E-state index contributed by atoms with van der Waals surface area (Å²) in [5.41, 5.74) is -7.61. The van der Waals surface area contributed by atoms with Gasteiger partial charge in [-0.2, -0.15) is 26.3 Å². The minimum atomic E-state index is -5.48. The Hall–Kier alpha value is -3.63. The van der Waals surface area contributed by atoms with Crippen molar-refractivity contribution in [2.45, 2.75) is 44.6 Å². The normalized spacial score (nSPS) is 22.1. The van der Waals surface area contributed by atoms with Gasteiger partial charge in [0.15, 0.2) is 5.78 Å². The number of allylic oxidation sites excluding steroid dienone is 1. The van der Waals surface area contributed by atoms with Gasteiger partial charge in [-0.3, -0.25) is 19.3 Å². The fourth-order valence-electron chi connectivity index (χ4n) is 4.68. The van der Waals surface area contributed by atoms with E-state index in [1.54, 1.807) is 25.2 Å². The second-order valence-corrected chi connectivity index (χ2v) is 9.52. The number of alkyl halides is 6. The lowest BCUT2D eigenvalue weighted by Gasteiger charge is -2.35. The topological polar surface area (TPSA) is 66.5 Å². The Morgan fingerprint density at radius 3 is 2.14 bits per heavy atom. The molecule has 5 nitrogen and oxygen atoms in total. The summed E-state index contributed by atoms with van der Waals surface area (Å²) < 4.78 is 83.8. The molecular weight excluding hydrogens is 490 g/mol. The van der Waals surface area contributed by atoms with E-state index in [0.717, 1.165) is 17.0 Å². The van der Waals surface area contributed by atoms with Crippen molar-refractivity contribution in [3.63, 3.8) is 0 Å². The predicted molar refractivity (Wildman–Crippen MR) is 117 cm³/mol. The molecule has 2 aromatic carbocycles. The van der Waals surface area contributed by atoms with Crippen LogP contribution in [0, 0.1) is 5.41 Å². The molecule has 0 saturated heterocycles. The molecule has 36 heavy (non-hydrogen) atoms. The second kappa shape index (κ2) is 8.21. The van der Waals surface area contributed by atoms with E-state index in [0.29, 0.717) is 12.1 Å². The minimum Gasteiger partial charge on any atom is -0.326 e. The van der Waals surface area contributed by atoms with Crippen LogP contribution in [0.2, 0.25) is 0 Å². The summed E-state index contributed by atoms with van der Waals surface area (Å²) in [7, 11) is 0. The first-order valence-corrected chi connectivity index (χ1v) is 10.8. The number of nitrogens with one attached hydrogen (secondary N) is 1. The van der Waals surface area contributed by atoms with Gasteiger partial charge >= 0.3 is 12.4 Å². The van der Waals surface area contributed by atoms with Gasteiger partial charge in [0.05, 0.1) is 11.1 Å². The van der Waals surface area contributed by atoms with E-state index in [4.69, 9.17) is 0 Å². The first kappa shape index (κ1) is 25.5. The molecule has 11 heteroatoms. The number of nitrogens with zero attached hydrogens (tertiary/aromatic N) is 1. The average Bonchev–Trinajstić information content (AvgIpc) is 3.01. The fraction of sp³-hybridized carbons (Fsp3) is 0.320. The summed E-state index contributed by atoms with van der Waals surface area (Å²) in [6.07, 6.45) is -10.7. The van der Waals surface area contributed by atoms with Gasteiger partial charge < -0.3 is 5.32 Å². The maximum Gasteiger partial charge on any atom is 0.425 e. The summed E-state index contributed by atoms with van der Waals surface area (Å²) in [6, 6.07) is 10.1. The van der Waals surface area contributed by atoms with Crippen LogP contribution in [0.4, 0.5) is 32.0 Å². The highest BCUT2D eigenvalue weighted by Gasteiger charge is 2.72. The van der Waals surface area contributed by atoms with E-state index in [2.05, 4.69) is 0 Å². The zero-order valence-electron chi connectivity index (χ0n) is 19.1. The quantitative estimate of drug-likeness (QED) is 0.561. The molecule has 0 bridgehead atoms. The SMILES string of the molecule is CC1(C)CC(=O)C2=C(C1)N(c1ccccc1)C(=O)[C@@]2(NC(=O)c1cccc(C(F)(F)F)c1)C(F)(F)F. The smallest absolute Gasteiger partial charge is 0.326 e. The highest BCUT2D eigenvalue weighted by Crippen LogP contribution is 2.52. The zero-order chi connectivity index (χ0) is 26.7. The maximum atomic E-state index is 14.8. The molecule has 0 spiro atoms. The minimum absolute atomic E-state index is 0.0555. The lowest BCUT2D eigenvalue weighted by atomic mass is 9.72. The number of benzene rings is 2. The Kier molecular flexibility index (Phi) is 5.81. The Labute approximate surface area is 201 Å². The summed E-state index contributed by atoms with van der Waals surface area (Å²) in [6.45, 7) is 3.33. The van der Waals surface area contributed by atoms with Crippen molar-refractivity contribution in [1.82, 2.24) is 5.32 Å². The van der Waals surface area contributed by atoms with Crippen LogP contribution in [-0.4, -0.2) is 29.3 Å². The van der Waals surface area contributed by atoms with Crippen LogP contribution in [0.3, 0.4) is 0 Å². The number of hydrogen-bond acceptors (Lipinski definition) is 3. The van der Waals surface area contributed by atoms with Crippen LogP contribution in [0.1, 0.15) is 42.6 Å². The van der Waals surface area contributed by atoms with E-state index < -0.39 is 57.6 Å². The molecule has 2 amide bonds. The van der Waals surface area contributed by atoms with Crippen molar-refractivity contribution in [3.8, 4) is 0 Å². The van der Waals surface area contributed by atoms with E-state index in [9.17, 15) is 40.7 Å². The summed E-state index contributed by atoms with van der Waals surface area (Å²) >= 11 is 0. The number of halogens is 6. The van der Waals surface area contributed by atoms with E-state index in [1.165, 1.54) is 24.3 Å². The molecule has 0 unspecified atom stereocenters. The zero-order valence-corrected chi connectivity index (χ0v) is 19.1. The van der Waals surface area contributed by atoms with Gasteiger partial charge in [-0.25, -0.2) is 0 Å². The van der Waals surface area contributed by atoms with Crippen LogP contribution < -0.4 is 10.2 Å². The lowest BCUT2D eigenvalue weighted by Crippen LogP contribution is -2.66. The molecule has 1 heterocycles. The van der Waals surface area contributed by atoms with Crippen LogP contribution in [0.25, 0.3) is 0 Å². The number of carbonyl (C=O) groups is 3. The highest BCUT2D eigenvalue weighted by molar-refractivity contribution is 6.21. The number of para-hydroxylation sites is 1. The van der Waals surface area contributed by atoms with Crippen LogP contribution in [0.15, 0.2) is 65.9 Å². The molecular formula is C25H20F6N2O3. The van der Waals surface area contributed by atoms with Gasteiger partial charge in [-0.15, -0.1) is 0 Å². The molecule has 0 fully saturated rings. The van der Waals surface area contributed by atoms with Gasteiger partial charge in [0, 0.05) is 23.4 Å². The number of carbonyl (C=O) groups excluding carboxylic acids is 3. The summed E-state index contributed by atoms with van der Waals surface area (Å²) in [5.74, 6) is -4.18. The molecule has 2 aliphatic rings. The molecule has 190 valence electrons. The van der Waals surface area contributed by atoms with Gasteiger partial charge in [0.1, 0.15) is 0 Å². The first-order chi connectivity index (χ1) is 16.6. The van der Waals surface area contributed by atoms with Gasteiger partial charge in [0.25, 0.3) is 11.8 Å². The number of ketones is 1. The van der Waals surface area contributed by atoms with Crippen LogP contribution in [-0.2, 0) is 15.8 Å². The number of anilines is 1. The highest BCUT2D eigenvalue weighted by atomic mass is 19.4. The monoisotopic (exact) mass is 510 g/mol. The Morgan fingerprint density at radius 1 is 0.917 bits per heavy atom. The number of rotatable bonds is 3. The maximum absolute atomic E-state index is 14.8. The van der Waals surface area contributed by atoms with Crippen molar-refractivity contribution in [3.05, 3.63) is 77.0 Å². The third-order valence-corrected chi connectivity index (χ3v) is 6.21. The molecule has 2 aromatic rings. The van der Waals surface area contributed by atoms with E-state index in [-0.39, 0.29) is 24.2 Å². The second-order valence-electron chi connectivity index (χ2n) is 9.52. The largest absolute Gasteiger partial charge is 0.425 e. The van der Waals surface area contributed by atoms with Crippen molar-refractivity contribution in [2.75, 3.05) is 4.90 Å². The number of hydrogen-bond donors (Lipinski definition) is 1. The molecule has 1 atom stereocenters. The molecule has 1 N–H and O–H groups in total. The molecule has 1 aliphatic heterocycles. The Morgan fingerprint density at radius 2 is 1.56 bits per heavy atom. The third kappa shape index (κ3) is 4.06. The van der Waals surface area contributed by atoms with Crippen LogP contribution in [0.5, 0.6) is 0 Å². The average molecular weight is 510 g/mol. The van der Waals surface area contributed by atoms with Crippen molar-refractivity contribution in [2.24, 2.45) is 5.41 Å². The van der Waals surface area contributed by atoms with Crippen molar-refractivity contribution >= 4 is 23.3 Å². The predicted octanol–water partition coefficient (Wildman–Crippen LogP) is 5.43. The number of amides is 2. The molecule has 1 aliphatic carbocycles. The van der Waals surface area contributed by atoms with E-state index in [1.807, 2.05) is 0 Å². The lowest BCUT2D eigenvalue weighted by molar-refractivity contribution is -0.186. The molecule has 4 rings (SSSR count). The third-order valence-electron chi connectivity index (χ3n) is 6.21. The van der Waals surface area contributed by atoms with Gasteiger partial charge in [0.2, 0.25) is 5.54 Å². The first-order valence-electron chi connectivity index (χ1n) is 10.8. The number of Topliss-reactive ketones (excluding diaryl/α,β-unsaturated/α-hetero) is 1. The standard InChI is InChI=1S/C25H20F6N2O3/c1-22(2)12-17-19(18(34)13-22)23(25(29,30)31,21(36)33(17)16-9-4-3-5-10-16)32-20(35)14-7-6-8-15(11-14)24(26,27)28/h3-11H,12-13H2,1-2H3,(H,32,35)/t23-/m1/s1. The van der Waals surface area contributed by atoms with E-state index >= 15 is 0 Å². The summed E-state index contributed by atoms with van der Waals surface area (Å²) in [5, 5.41) is 1.63. The van der Waals surface area contributed by atoms with Gasteiger partial charge in [-0.05, 0) is 42.2 Å². The van der Waals surface area contributed by atoms with Gasteiger partial charge in [-0.1, -0.05) is 38.1 Å².